The third-order valence-corrected chi connectivity index (χ3v) is 2.60. The molecule has 0 heterocycles. The first-order valence-electron chi connectivity index (χ1n) is 5.60. The normalized spacial score (nSPS) is 9.89. The third kappa shape index (κ3) is 5.16. The van der Waals surface area contributed by atoms with Crippen molar-refractivity contribution >= 4 is 23.4 Å². The zero-order valence-electron chi connectivity index (χ0n) is 9.78. The molecule has 18 heavy (non-hydrogen) atoms. The van der Waals surface area contributed by atoms with Gasteiger partial charge in [0.2, 0.25) is 5.91 Å². The molecule has 1 aromatic rings. The van der Waals surface area contributed by atoms with Crippen molar-refractivity contribution in [3.63, 3.8) is 0 Å². The van der Waals surface area contributed by atoms with Gasteiger partial charge < -0.3 is 5.32 Å². The van der Waals surface area contributed by atoms with Gasteiger partial charge in [-0.2, -0.15) is 0 Å². The average Bonchev–Trinajstić information content (AvgIpc) is 2.38. The van der Waals surface area contributed by atoms with E-state index in [1.54, 1.807) is 29.7 Å². The standard InChI is InChI=1S/C12H15ClN2O3/c13-10-6-4-9(5-7-10)12(17)14-8-2-1-3-11(16)15-18/h4-7,18H,1-3,8H2,(H,14,17)(H,15,16). The van der Waals surface area contributed by atoms with Gasteiger partial charge in [0.15, 0.2) is 0 Å². The monoisotopic (exact) mass is 270 g/mol. The Kier molecular flexibility index (Phi) is 6.18. The van der Waals surface area contributed by atoms with Gasteiger partial charge in [-0.25, -0.2) is 5.48 Å². The van der Waals surface area contributed by atoms with E-state index in [4.69, 9.17) is 16.8 Å². The van der Waals surface area contributed by atoms with Crippen LogP contribution in [0.5, 0.6) is 0 Å². The molecule has 0 aliphatic carbocycles. The topological polar surface area (TPSA) is 78.4 Å². The minimum Gasteiger partial charge on any atom is -0.352 e. The summed E-state index contributed by atoms with van der Waals surface area (Å²) in [6.07, 6.45) is 1.52. The van der Waals surface area contributed by atoms with E-state index in [2.05, 4.69) is 5.32 Å². The van der Waals surface area contributed by atoms with E-state index in [-0.39, 0.29) is 12.3 Å². The maximum Gasteiger partial charge on any atom is 0.251 e. The number of nitrogens with one attached hydrogen (secondary N) is 2. The van der Waals surface area contributed by atoms with Crippen LogP contribution in [0.1, 0.15) is 29.6 Å². The summed E-state index contributed by atoms with van der Waals surface area (Å²) in [6.45, 7) is 0.486. The highest BCUT2D eigenvalue weighted by molar-refractivity contribution is 6.30. The van der Waals surface area contributed by atoms with Crippen molar-refractivity contribution in [2.24, 2.45) is 0 Å². The predicted molar refractivity (Wildman–Crippen MR) is 67.6 cm³/mol. The molecule has 1 rings (SSSR count). The number of halogens is 1. The summed E-state index contributed by atoms with van der Waals surface area (Å²) in [5, 5.41) is 11.6. The van der Waals surface area contributed by atoms with Crippen LogP contribution in [0.15, 0.2) is 24.3 Å². The molecule has 98 valence electrons. The van der Waals surface area contributed by atoms with Crippen molar-refractivity contribution in [3.8, 4) is 0 Å². The fraction of sp³-hybridized carbons (Fsp3) is 0.333. The lowest BCUT2D eigenvalue weighted by molar-refractivity contribution is -0.129. The zero-order chi connectivity index (χ0) is 13.4. The molecule has 5 nitrogen and oxygen atoms in total. The van der Waals surface area contributed by atoms with E-state index < -0.39 is 5.91 Å². The number of carbonyl (C=O) groups is 2. The van der Waals surface area contributed by atoms with Crippen LogP contribution in [0, 0.1) is 0 Å². The lowest BCUT2D eigenvalue weighted by Gasteiger charge is -2.05. The quantitative estimate of drug-likeness (QED) is 0.419. The molecule has 0 spiro atoms. The number of benzene rings is 1. The summed E-state index contributed by atoms with van der Waals surface area (Å²) in [6, 6.07) is 6.61. The Labute approximate surface area is 110 Å². The van der Waals surface area contributed by atoms with Gasteiger partial charge in [0, 0.05) is 23.6 Å². The molecule has 0 atom stereocenters. The van der Waals surface area contributed by atoms with Gasteiger partial charge in [-0.15, -0.1) is 0 Å². The number of carbonyl (C=O) groups excluding carboxylic acids is 2. The van der Waals surface area contributed by atoms with Crippen LogP contribution in [0.2, 0.25) is 5.02 Å². The van der Waals surface area contributed by atoms with E-state index in [0.29, 0.717) is 30.0 Å². The van der Waals surface area contributed by atoms with Crippen LogP contribution in [0.25, 0.3) is 0 Å². The number of hydroxylamine groups is 1. The largest absolute Gasteiger partial charge is 0.352 e. The molecule has 0 fully saturated rings. The molecule has 1 aromatic carbocycles. The Bertz CT molecular complexity index is 406. The van der Waals surface area contributed by atoms with Gasteiger partial charge in [0.1, 0.15) is 0 Å². The van der Waals surface area contributed by atoms with Crippen LogP contribution in [0.3, 0.4) is 0 Å². The average molecular weight is 271 g/mol. The van der Waals surface area contributed by atoms with Crippen LogP contribution in [0.4, 0.5) is 0 Å². The van der Waals surface area contributed by atoms with Gasteiger partial charge >= 0.3 is 0 Å². The zero-order valence-corrected chi connectivity index (χ0v) is 10.5. The summed E-state index contributed by atoms with van der Waals surface area (Å²) in [5.74, 6) is -0.586. The van der Waals surface area contributed by atoms with E-state index >= 15 is 0 Å². The SMILES string of the molecule is O=C(CCCCNC(=O)c1ccc(Cl)cc1)NO. The summed E-state index contributed by atoms with van der Waals surface area (Å²) in [4.78, 5) is 22.3. The van der Waals surface area contributed by atoms with Gasteiger partial charge in [-0.05, 0) is 37.1 Å². The molecule has 2 amide bonds. The summed E-state index contributed by atoms with van der Waals surface area (Å²) in [5.41, 5.74) is 2.11. The lowest BCUT2D eigenvalue weighted by atomic mass is 10.2. The van der Waals surface area contributed by atoms with Gasteiger partial charge in [0.25, 0.3) is 5.91 Å². The molecule has 0 unspecified atom stereocenters. The highest BCUT2D eigenvalue weighted by Crippen LogP contribution is 2.09. The van der Waals surface area contributed by atoms with Crippen molar-refractivity contribution in [1.82, 2.24) is 10.8 Å². The van der Waals surface area contributed by atoms with Crippen molar-refractivity contribution < 1.29 is 14.8 Å². The van der Waals surface area contributed by atoms with Crippen molar-refractivity contribution in [3.05, 3.63) is 34.9 Å². The Morgan fingerprint density at radius 2 is 1.83 bits per heavy atom. The number of amides is 2. The molecule has 0 saturated carbocycles. The fourth-order valence-corrected chi connectivity index (χ4v) is 1.50. The highest BCUT2D eigenvalue weighted by atomic mass is 35.5. The molecule has 3 N–H and O–H groups in total. The molecular formula is C12H15ClN2O3. The second kappa shape index (κ2) is 7.68. The maximum absolute atomic E-state index is 11.6. The number of rotatable bonds is 6. The summed E-state index contributed by atoms with van der Waals surface area (Å²) < 4.78 is 0. The first kappa shape index (κ1) is 14.5. The second-order valence-electron chi connectivity index (χ2n) is 3.75. The van der Waals surface area contributed by atoms with Crippen LogP contribution in [-0.4, -0.2) is 23.6 Å². The number of hydrogen-bond acceptors (Lipinski definition) is 3. The smallest absolute Gasteiger partial charge is 0.251 e. The summed E-state index contributed by atoms with van der Waals surface area (Å²) in [7, 11) is 0. The maximum atomic E-state index is 11.6. The molecule has 0 radical (unpaired) electrons. The molecule has 6 heteroatoms. The molecule has 0 aromatic heterocycles. The molecule has 0 bridgehead atoms. The second-order valence-corrected chi connectivity index (χ2v) is 4.19. The Morgan fingerprint density at radius 3 is 2.44 bits per heavy atom. The Morgan fingerprint density at radius 1 is 1.17 bits per heavy atom. The van der Waals surface area contributed by atoms with Gasteiger partial charge in [0.05, 0.1) is 0 Å². The van der Waals surface area contributed by atoms with Crippen molar-refractivity contribution in [2.45, 2.75) is 19.3 Å². The van der Waals surface area contributed by atoms with Gasteiger partial charge in [-0.3, -0.25) is 14.8 Å². The highest BCUT2D eigenvalue weighted by Gasteiger charge is 2.04. The molecule has 0 aliphatic heterocycles. The molecule has 0 aliphatic rings. The van der Waals surface area contributed by atoms with Crippen molar-refractivity contribution in [1.29, 1.82) is 0 Å². The van der Waals surface area contributed by atoms with Crippen LogP contribution < -0.4 is 10.8 Å². The van der Waals surface area contributed by atoms with Crippen molar-refractivity contribution in [2.75, 3.05) is 6.54 Å². The van der Waals surface area contributed by atoms with Gasteiger partial charge in [-0.1, -0.05) is 11.6 Å². The first-order valence-corrected chi connectivity index (χ1v) is 5.98. The molecule has 0 saturated heterocycles. The minimum atomic E-state index is -0.418. The molecular weight excluding hydrogens is 256 g/mol. The number of unbranched alkanes of at least 4 members (excludes halogenated alkanes) is 1. The van der Waals surface area contributed by atoms with E-state index in [0.717, 1.165) is 0 Å². The Balaban J connectivity index is 2.21. The summed E-state index contributed by atoms with van der Waals surface area (Å²) >= 11 is 5.72. The van der Waals surface area contributed by atoms with E-state index in [1.807, 2.05) is 0 Å². The Hall–Kier alpha value is -1.59. The van der Waals surface area contributed by atoms with E-state index in [1.165, 1.54) is 0 Å². The van der Waals surface area contributed by atoms with Crippen LogP contribution in [-0.2, 0) is 4.79 Å². The lowest BCUT2D eigenvalue weighted by Crippen LogP contribution is -2.25. The number of hydrogen-bond donors (Lipinski definition) is 3. The minimum absolute atomic E-state index is 0.168. The van der Waals surface area contributed by atoms with E-state index in [9.17, 15) is 9.59 Å². The first-order chi connectivity index (χ1) is 8.63. The fourth-order valence-electron chi connectivity index (χ4n) is 1.37. The predicted octanol–water partition coefficient (Wildman–Crippen LogP) is 1.75. The third-order valence-electron chi connectivity index (χ3n) is 2.35. The van der Waals surface area contributed by atoms with Crippen LogP contribution >= 0.6 is 11.6 Å².